The predicted molar refractivity (Wildman–Crippen MR) is 70.7 cm³/mol. The number of ketones is 1. The Hall–Kier alpha value is -1.56. The molecule has 0 aliphatic rings. The fraction of sp³-hybridized carbons (Fsp3) is 0.571. The van der Waals surface area contributed by atoms with Gasteiger partial charge in [-0.2, -0.15) is 5.10 Å². The lowest BCUT2D eigenvalue weighted by atomic mass is 10.2. The minimum Gasteiger partial charge on any atom is -0.300 e. The molecule has 0 amide bonds. The lowest BCUT2D eigenvalue weighted by Crippen LogP contribution is -2.00. The molecule has 1 aromatic heterocycles. The van der Waals surface area contributed by atoms with Crippen molar-refractivity contribution in [2.24, 2.45) is 0 Å². The summed E-state index contributed by atoms with van der Waals surface area (Å²) in [5, 5.41) is 4.17. The molecular weight excluding hydrogens is 212 g/mol. The van der Waals surface area contributed by atoms with E-state index in [-0.39, 0.29) is 5.78 Å². The van der Waals surface area contributed by atoms with E-state index in [1.165, 1.54) is 0 Å². The van der Waals surface area contributed by atoms with E-state index in [0.717, 1.165) is 24.9 Å². The van der Waals surface area contributed by atoms with Crippen LogP contribution in [0.4, 0.5) is 0 Å². The highest BCUT2D eigenvalue weighted by Crippen LogP contribution is 1.99. The van der Waals surface area contributed by atoms with E-state index < -0.39 is 0 Å². The standard InChI is InChI=1S/C12H16N2O.C2H6/c1-3-4-7-12-9-13-14(10-12)8-5-6-11(2)15;1-2/h9-10H,3,5-6,8H2,1-2H3;1-2H3. The van der Waals surface area contributed by atoms with Crippen LogP contribution in [-0.2, 0) is 11.3 Å². The van der Waals surface area contributed by atoms with Gasteiger partial charge in [-0.1, -0.05) is 32.6 Å². The maximum absolute atomic E-state index is 10.7. The molecule has 1 aromatic rings. The van der Waals surface area contributed by atoms with Crippen molar-refractivity contribution in [1.82, 2.24) is 9.78 Å². The second kappa shape index (κ2) is 9.65. The summed E-state index contributed by atoms with van der Waals surface area (Å²) >= 11 is 0. The quantitative estimate of drug-likeness (QED) is 0.750. The largest absolute Gasteiger partial charge is 0.300 e. The monoisotopic (exact) mass is 234 g/mol. The Morgan fingerprint density at radius 1 is 1.47 bits per heavy atom. The third kappa shape index (κ3) is 7.35. The summed E-state index contributed by atoms with van der Waals surface area (Å²) in [7, 11) is 0. The number of carbonyl (C=O) groups excluding carboxylic acids is 1. The second-order valence-electron chi connectivity index (χ2n) is 3.45. The van der Waals surface area contributed by atoms with E-state index in [0.29, 0.717) is 6.42 Å². The van der Waals surface area contributed by atoms with Crippen LogP contribution in [0.15, 0.2) is 12.4 Å². The molecule has 3 nitrogen and oxygen atoms in total. The van der Waals surface area contributed by atoms with Gasteiger partial charge in [0, 0.05) is 25.6 Å². The zero-order chi connectivity index (χ0) is 13.1. The summed E-state index contributed by atoms with van der Waals surface area (Å²) in [4.78, 5) is 10.7. The minimum absolute atomic E-state index is 0.230. The first-order valence-electron chi connectivity index (χ1n) is 6.23. The van der Waals surface area contributed by atoms with E-state index in [2.05, 4.69) is 16.9 Å². The fourth-order valence-electron chi connectivity index (χ4n) is 1.23. The van der Waals surface area contributed by atoms with Gasteiger partial charge in [-0.25, -0.2) is 0 Å². The molecule has 0 fully saturated rings. The van der Waals surface area contributed by atoms with E-state index in [1.807, 2.05) is 31.6 Å². The van der Waals surface area contributed by atoms with E-state index in [9.17, 15) is 4.79 Å². The van der Waals surface area contributed by atoms with Crippen LogP contribution >= 0.6 is 0 Å². The molecule has 94 valence electrons. The molecule has 1 heterocycles. The lowest BCUT2D eigenvalue weighted by Gasteiger charge is -1.97. The van der Waals surface area contributed by atoms with Crippen molar-refractivity contribution >= 4 is 5.78 Å². The van der Waals surface area contributed by atoms with Gasteiger partial charge in [-0.05, 0) is 13.3 Å². The van der Waals surface area contributed by atoms with Crippen LogP contribution in [0, 0.1) is 11.8 Å². The van der Waals surface area contributed by atoms with Crippen LogP contribution in [-0.4, -0.2) is 15.6 Å². The maximum Gasteiger partial charge on any atom is 0.129 e. The minimum atomic E-state index is 0.230. The summed E-state index contributed by atoms with van der Waals surface area (Å²) in [6, 6.07) is 0. The molecule has 0 aliphatic carbocycles. The highest BCUT2D eigenvalue weighted by atomic mass is 16.1. The SMILES string of the molecule is CC.CCC#Cc1cnn(CCCC(C)=O)c1. The van der Waals surface area contributed by atoms with Gasteiger partial charge in [0.15, 0.2) is 0 Å². The number of hydrogen-bond acceptors (Lipinski definition) is 2. The number of hydrogen-bond donors (Lipinski definition) is 0. The van der Waals surface area contributed by atoms with Gasteiger partial charge in [0.2, 0.25) is 0 Å². The van der Waals surface area contributed by atoms with Crippen LogP contribution in [0.25, 0.3) is 0 Å². The van der Waals surface area contributed by atoms with Crippen LogP contribution < -0.4 is 0 Å². The van der Waals surface area contributed by atoms with Crippen LogP contribution in [0.2, 0.25) is 0 Å². The van der Waals surface area contributed by atoms with Crippen molar-refractivity contribution in [3.8, 4) is 11.8 Å². The van der Waals surface area contributed by atoms with Crippen molar-refractivity contribution in [2.75, 3.05) is 0 Å². The number of Topliss-reactive ketones (excluding diaryl/α,β-unsaturated/α-hetero) is 1. The Labute approximate surface area is 104 Å². The summed E-state index contributed by atoms with van der Waals surface area (Å²) < 4.78 is 1.84. The fourth-order valence-corrected chi connectivity index (χ4v) is 1.23. The highest BCUT2D eigenvalue weighted by molar-refractivity contribution is 5.75. The van der Waals surface area contributed by atoms with Crippen LogP contribution in [0.3, 0.4) is 0 Å². The Morgan fingerprint density at radius 3 is 2.76 bits per heavy atom. The molecule has 0 spiro atoms. The summed E-state index contributed by atoms with van der Waals surface area (Å²) in [6.07, 6.45) is 6.00. The van der Waals surface area contributed by atoms with Crippen LogP contribution in [0.5, 0.6) is 0 Å². The number of carbonyl (C=O) groups is 1. The van der Waals surface area contributed by atoms with E-state index in [4.69, 9.17) is 0 Å². The average Bonchev–Trinajstić information content (AvgIpc) is 2.76. The summed E-state index contributed by atoms with van der Waals surface area (Å²) in [5.74, 6) is 6.24. The summed E-state index contributed by atoms with van der Waals surface area (Å²) in [6.45, 7) is 8.42. The molecule has 1 rings (SSSR count). The van der Waals surface area contributed by atoms with Gasteiger partial charge in [0.05, 0.1) is 11.8 Å². The van der Waals surface area contributed by atoms with Crippen molar-refractivity contribution < 1.29 is 4.79 Å². The Kier molecular flexibility index (Phi) is 8.77. The first kappa shape index (κ1) is 15.4. The van der Waals surface area contributed by atoms with Crippen molar-refractivity contribution in [2.45, 2.75) is 53.5 Å². The maximum atomic E-state index is 10.7. The molecular formula is C14H22N2O. The zero-order valence-corrected chi connectivity index (χ0v) is 11.3. The van der Waals surface area contributed by atoms with Crippen molar-refractivity contribution in [3.05, 3.63) is 18.0 Å². The molecule has 0 aromatic carbocycles. The predicted octanol–water partition coefficient (Wildman–Crippen LogP) is 3.04. The highest BCUT2D eigenvalue weighted by Gasteiger charge is 1.97. The number of nitrogens with zero attached hydrogens (tertiary/aromatic N) is 2. The van der Waals surface area contributed by atoms with Crippen LogP contribution in [0.1, 0.15) is 52.5 Å². The normalized spacial score (nSPS) is 8.71. The molecule has 0 atom stereocenters. The molecule has 0 bridgehead atoms. The molecule has 0 saturated carbocycles. The van der Waals surface area contributed by atoms with Gasteiger partial charge < -0.3 is 4.79 Å². The third-order valence-electron chi connectivity index (χ3n) is 1.96. The van der Waals surface area contributed by atoms with Crippen molar-refractivity contribution in [1.29, 1.82) is 0 Å². The Morgan fingerprint density at radius 2 is 2.18 bits per heavy atom. The molecule has 0 radical (unpaired) electrons. The molecule has 0 N–H and O–H groups in total. The second-order valence-corrected chi connectivity index (χ2v) is 3.45. The lowest BCUT2D eigenvalue weighted by molar-refractivity contribution is -0.117. The average molecular weight is 234 g/mol. The van der Waals surface area contributed by atoms with Crippen molar-refractivity contribution in [3.63, 3.8) is 0 Å². The number of rotatable bonds is 4. The Balaban J connectivity index is 0.00000121. The van der Waals surface area contributed by atoms with Gasteiger partial charge >= 0.3 is 0 Å². The van der Waals surface area contributed by atoms with Gasteiger partial charge in [0.1, 0.15) is 5.78 Å². The van der Waals surface area contributed by atoms with E-state index >= 15 is 0 Å². The first-order valence-corrected chi connectivity index (χ1v) is 6.23. The van der Waals surface area contributed by atoms with Gasteiger partial charge in [-0.3, -0.25) is 4.68 Å². The van der Waals surface area contributed by atoms with Gasteiger partial charge in [0.25, 0.3) is 0 Å². The topological polar surface area (TPSA) is 34.9 Å². The smallest absolute Gasteiger partial charge is 0.129 e. The third-order valence-corrected chi connectivity index (χ3v) is 1.96. The number of aromatic nitrogens is 2. The molecule has 3 heteroatoms. The zero-order valence-electron chi connectivity index (χ0n) is 11.3. The summed E-state index contributed by atoms with van der Waals surface area (Å²) in [5.41, 5.74) is 0.944. The number of aryl methyl sites for hydroxylation is 1. The molecule has 0 unspecified atom stereocenters. The molecule has 0 saturated heterocycles. The van der Waals surface area contributed by atoms with Gasteiger partial charge in [-0.15, -0.1) is 0 Å². The molecule has 17 heavy (non-hydrogen) atoms. The Bertz CT molecular complexity index is 382. The van der Waals surface area contributed by atoms with E-state index in [1.54, 1.807) is 13.1 Å². The molecule has 0 aliphatic heterocycles. The first-order chi connectivity index (χ1) is 8.22.